The molecule has 1 aromatic carbocycles. The van der Waals surface area contributed by atoms with Crippen molar-refractivity contribution in [3.05, 3.63) is 64.3 Å². The third-order valence-corrected chi connectivity index (χ3v) is 7.39. The van der Waals surface area contributed by atoms with Crippen LogP contribution in [0.25, 0.3) is 23.1 Å². The van der Waals surface area contributed by atoms with E-state index in [2.05, 4.69) is 4.90 Å². The Balaban J connectivity index is 0.000000742. The Morgan fingerprint density at radius 3 is 2.23 bits per heavy atom. The predicted molar refractivity (Wildman–Crippen MR) is 164 cm³/mol. The molecule has 0 amide bonds. The number of benzene rings is 1. The maximum absolute atomic E-state index is 12.6. The molecule has 0 aliphatic carbocycles. The van der Waals surface area contributed by atoms with Crippen LogP contribution in [0.4, 0.5) is 5.69 Å². The molecule has 3 aromatic rings. The largest absolute Gasteiger partial charge is 0.744 e. The van der Waals surface area contributed by atoms with Crippen LogP contribution in [0.15, 0.2) is 56.8 Å². The van der Waals surface area contributed by atoms with Crippen LogP contribution in [0.2, 0.25) is 0 Å². The summed E-state index contributed by atoms with van der Waals surface area (Å²) in [6.07, 6.45) is 7.64. The minimum atomic E-state index is -4.78. The molecule has 240 valence electrons. The number of fused-ring (bicyclic) bond motifs is 1. The van der Waals surface area contributed by atoms with Gasteiger partial charge in [0, 0.05) is 54.7 Å². The van der Waals surface area contributed by atoms with Crippen LogP contribution in [0.5, 0.6) is 0 Å². The molecule has 0 unspecified atom stereocenters. The van der Waals surface area contributed by atoms with Crippen LogP contribution in [-0.2, 0) is 26.3 Å². The number of nitrogens with zero attached hydrogens (tertiary/aromatic N) is 3. The Hall–Kier alpha value is -4.07. The van der Waals surface area contributed by atoms with E-state index in [4.69, 9.17) is 9.52 Å². The third-order valence-electron chi connectivity index (χ3n) is 6.51. The first-order chi connectivity index (χ1) is 20.5. The van der Waals surface area contributed by atoms with Crippen molar-refractivity contribution in [3.63, 3.8) is 0 Å². The number of quaternary nitrogens is 1. The summed E-state index contributed by atoms with van der Waals surface area (Å²) in [7, 11) is 0.628. The van der Waals surface area contributed by atoms with Crippen LogP contribution in [-0.4, -0.2) is 75.3 Å². The zero-order valence-corrected chi connectivity index (χ0v) is 26.6. The molecule has 0 bridgehead atoms. The van der Waals surface area contributed by atoms with Gasteiger partial charge in [-0.1, -0.05) is 6.08 Å². The minimum Gasteiger partial charge on any atom is -0.744 e. The van der Waals surface area contributed by atoms with Crippen LogP contribution < -0.4 is 20.2 Å². The van der Waals surface area contributed by atoms with Crippen molar-refractivity contribution < 1.29 is 46.2 Å². The molecule has 3 rings (SSSR count). The molecule has 0 saturated heterocycles. The van der Waals surface area contributed by atoms with Crippen LogP contribution in [0.3, 0.4) is 0 Å². The second-order valence-electron chi connectivity index (χ2n) is 11.2. The summed E-state index contributed by atoms with van der Waals surface area (Å²) in [6, 6.07) is 8.78. The molecule has 0 aliphatic rings. The number of carbonyl (C=O) groups excluding carboxylic acids is 1. The molecule has 0 saturated carbocycles. The molecule has 12 nitrogen and oxygen atoms in total. The Morgan fingerprint density at radius 1 is 1.02 bits per heavy atom. The molecular formula is C31H41N3O9S. The van der Waals surface area contributed by atoms with E-state index in [9.17, 15) is 32.5 Å². The van der Waals surface area contributed by atoms with E-state index in [-0.39, 0.29) is 24.1 Å². The van der Waals surface area contributed by atoms with E-state index in [0.29, 0.717) is 35.9 Å². The normalized spacial score (nSPS) is 11.8. The fraction of sp³-hybridized carbons (Fsp3) is 0.419. The molecule has 2 heterocycles. The number of rotatable bonds is 14. The maximum atomic E-state index is 12.6. The number of hydrogen-bond donors (Lipinski definition) is 1. The number of hydrogen-bond acceptors (Lipinski definition) is 9. The SMILES string of the molecule is CCN(CC)c1ccc2cc(/C=C/c3cc[n+](CCCCCC(=O)O)cc3S(=O)(=O)[O-])c(=O)oc2c1.C[N+](C)(C)CC(=O)[O-]. The van der Waals surface area contributed by atoms with E-state index in [0.717, 1.165) is 24.2 Å². The highest BCUT2D eigenvalue weighted by atomic mass is 32.2. The first-order valence-corrected chi connectivity index (χ1v) is 15.7. The fourth-order valence-electron chi connectivity index (χ4n) is 4.34. The number of carboxylic acid groups (broad SMARTS) is 2. The lowest BCUT2D eigenvalue weighted by molar-refractivity contribution is -0.864. The number of likely N-dealkylation sites (N-methyl/N-ethyl adjacent to an activating group) is 1. The summed E-state index contributed by atoms with van der Waals surface area (Å²) in [6.45, 7) is 6.23. The molecule has 13 heteroatoms. The van der Waals surface area contributed by atoms with Gasteiger partial charge in [0.15, 0.2) is 12.4 Å². The quantitative estimate of drug-likeness (QED) is 0.0913. The van der Waals surface area contributed by atoms with E-state index in [1.54, 1.807) is 38.0 Å². The topological polar surface area (TPSA) is 172 Å². The summed E-state index contributed by atoms with van der Waals surface area (Å²) >= 11 is 0. The van der Waals surface area contributed by atoms with Gasteiger partial charge < -0.3 is 33.4 Å². The summed E-state index contributed by atoms with van der Waals surface area (Å²) < 4.78 is 43.2. The number of aryl methyl sites for hydroxylation is 1. The number of unbranched alkanes of at least 4 members (excludes halogenated alkanes) is 2. The summed E-state index contributed by atoms with van der Waals surface area (Å²) in [5, 5.41) is 19.3. The van der Waals surface area contributed by atoms with Gasteiger partial charge in [0.25, 0.3) is 0 Å². The molecule has 0 spiro atoms. The highest BCUT2D eigenvalue weighted by molar-refractivity contribution is 7.85. The predicted octanol–water partition coefficient (Wildman–Crippen LogP) is 2.09. The van der Waals surface area contributed by atoms with Gasteiger partial charge in [-0.05, 0) is 51.0 Å². The summed E-state index contributed by atoms with van der Waals surface area (Å²) in [4.78, 5) is 34.8. The lowest BCUT2D eigenvalue weighted by Crippen LogP contribution is -2.45. The van der Waals surface area contributed by atoms with Crippen molar-refractivity contribution in [3.8, 4) is 0 Å². The van der Waals surface area contributed by atoms with E-state index in [1.807, 2.05) is 32.0 Å². The Kier molecular flexibility index (Phi) is 13.2. The molecule has 0 fully saturated rings. The van der Waals surface area contributed by atoms with Gasteiger partial charge in [-0.2, -0.15) is 0 Å². The highest BCUT2D eigenvalue weighted by Gasteiger charge is 2.14. The van der Waals surface area contributed by atoms with Crippen molar-refractivity contribution in [1.29, 1.82) is 0 Å². The van der Waals surface area contributed by atoms with E-state index in [1.165, 1.54) is 24.4 Å². The monoisotopic (exact) mass is 631 g/mol. The van der Waals surface area contributed by atoms with Gasteiger partial charge in [-0.15, -0.1) is 0 Å². The first kappa shape index (κ1) is 36.1. The lowest BCUT2D eigenvalue weighted by Gasteiger charge is -2.23. The van der Waals surface area contributed by atoms with E-state index >= 15 is 0 Å². The average molecular weight is 632 g/mol. The summed E-state index contributed by atoms with van der Waals surface area (Å²) in [5.74, 6) is -1.86. The van der Waals surface area contributed by atoms with Crippen molar-refractivity contribution in [2.45, 2.75) is 51.0 Å². The van der Waals surface area contributed by atoms with Crippen molar-refractivity contribution in [1.82, 2.24) is 0 Å². The number of anilines is 1. The van der Waals surface area contributed by atoms with Gasteiger partial charge >= 0.3 is 11.6 Å². The van der Waals surface area contributed by atoms with Crippen molar-refractivity contribution in [2.24, 2.45) is 0 Å². The number of carbonyl (C=O) groups is 2. The fourth-order valence-corrected chi connectivity index (χ4v) is 5.03. The second kappa shape index (κ2) is 16.1. The average Bonchev–Trinajstić information content (AvgIpc) is 2.91. The standard InChI is InChI=1S/C26H30N2O7S.C5H11NO2/c1-3-28(4-2)22-12-11-20-16-21(26(31)35-23(20)17-22)10-9-19-13-15-27(18-24(19)36(32,33)34)14-7-5-6-8-25(29)30;1-6(2,3)4-5(7)8/h9-13,15-18H,3-8,14H2,1-2H3,(H-,29,30,32,33,34);4H2,1-3H3. The Bertz CT molecular complexity index is 1640. The van der Waals surface area contributed by atoms with Gasteiger partial charge in [0.1, 0.15) is 33.7 Å². The number of pyridine rings is 1. The van der Waals surface area contributed by atoms with Crippen molar-refractivity contribution in [2.75, 3.05) is 45.7 Å². The third kappa shape index (κ3) is 11.9. The van der Waals surface area contributed by atoms with Crippen molar-refractivity contribution >= 4 is 50.9 Å². The maximum Gasteiger partial charge on any atom is 0.343 e. The second-order valence-corrected chi connectivity index (χ2v) is 12.5. The zero-order chi connectivity index (χ0) is 33.1. The van der Waals surface area contributed by atoms with Gasteiger partial charge in [0.05, 0.1) is 32.7 Å². The van der Waals surface area contributed by atoms with Crippen LogP contribution in [0.1, 0.15) is 50.7 Å². The molecule has 0 aliphatic heterocycles. The number of carboxylic acids is 2. The van der Waals surface area contributed by atoms with Gasteiger partial charge in [-0.25, -0.2) is 17.8 Å². The van der Waals surface area contributed by atoms with Gasteiger partial charge in [0.2, 0.25) is 0 Å². The first-order valence-electron chi connectivity index (χ1n) is 14.3. The van der Waals surface area contributed by atoms with Gasteiger partial charge in [-0.3, -0.25) is 4.79 Å². The minimum absolute atomic E-state index is 0.0694. The molecule has 1 N–H and O–H groups in total. The summed E-state index contributed by atoms with van der Waals surface area (Å²) in [5.41, 5.74) is 1.21. The van der Waals surface area contributed by atoms with E-state index < -0.39 is 32.6 Å². The smallest absolute Gasteiger partial charge is 0.343 e. The number of aliphatic carboxylic acids is 2. The highest BCUT2D eigenvalue weighted by Crippen LogP contribution is 2.23. The molecule has 2 aromatic heterocycles. The Morgan fingerprint density at radius 2 is 1.68 bits per heavy atom. The zero-order valence-electron chi connectivity index (χ0n) is 25.8. The Labute approximate surface area is 257 Å². The molecule has 0 atom stereocenters. The molecular weight excluding hydrogens is 590 g/mol. The molecule has 0 radical (unpaired) electrons. The van der Waals surface area contributed by atoms with Crippen LogP contribution >= 0.6 is 0 Å². The molecule has 44 heavy (non-hydrogen) atoms. The lowest BCUT2D eigenvalue weighted by atomic mass is 10.1. The van der Waals surface area contributed by atoms with Crippen LogP contribution in [0, 0.1) is 0 Å². The number of aromatic nitrogens is 1.